The van der Waals surface area contributed by atoms with Gasteiger partial charge >= 0.3 is 6.18 Å². The summed E-state index contributed by atoms with van der Waals surface area (Å²) in [5.41, 5.74) is 5.76. The number of carbonyl (C=O) groups excluding carboxylic acids is 2. The zero-order valence-corrected chi connectivity index (χ0v) is 15.8. The molecule has 0 bridgehead atoms. The smallest absolute Gasteiger partial charge is 0.366 e. The molecule has 2 aromatic carbocycles. The second-order valence-electron chi connectivity index (χ2n) is 5.95. The molecule has 1 aliphatic rings. The molecule has 0 aromatic heterocycles. The SMILES string of the molecule is NC(=O)c1ccc(/C=C2\SC(=S)N(Cc3cccc(C(F)(F)F)c3)C2=O)cc1. The average Bonchev–Trinajstić information content (AvgIpc) is 2.89. The number of amides is 2. The van der Waals surface area contributed by atoms with Crippen LogP contribution in [0.4, 0.5) is 13.2 Å². The quantitative estimate of drug-likeness (QED) is 0.592. The lowest BCUT2D eigenvalue weighted by molar-refractivity contribution is -0.137. The lowest BCUT2D eigenvalue weighted by atomic mass is 10.1. The van der Waals surface area contributed by atoms with Crippen molar-refractivity contribution < 1.29 is 22.8 Å². The van der Waals surface area contributed by atoms with Crippen LogP contribution < -0.4 is 5.73 Å². The van der Waals surface area contributed by atoms with Gasteiger partial charge in [0, 0.05) is 5.56 Å². The summed E-state index contributed by atoms with van der Waals surface area (Å²) in [6.45, 7) is -0.0491. The van der Waals surface area contributed by atoms with E-state index in [2.05, 4.69) is 0 Å². The maximum absolute atomic E-state index is 12.9. The van der Waals surface area contributed by atoms with Crippen molar-refractivity contribution in [1.29, 1.82) is 0 Å². The number of thioether (sulfide) groups is 1. The molecule has 0 unspecified atom stereocenters. The van der Waals surface area contributed by atoms with Gasteiger partial charge < -0.3 is 5.73 Å². The third-order valence-electron chi connectivity index (χ3n) is 3.96. The Morgan fingerprint density at radius 2 is 1.86 bits per heavy atom. The van der Waals surface area contributed by atoms with Crippen LogP contribution in [0.5, 0.6) is 0 Å². The molecule has 4 nitrogen and oxygen atoms in total. The van der Waals surface area contributed by atoms with E-state index in [-0.39, 0.29) is 16.8 Å². The molecule has 144 valence electrons. The minimum atomic E-state index is -4.46. The Morgan fingerprint density at radius 1 is 1.18 bits per heavy atom. The lowest BCUT2D eigenvalue weighted by Gasteiger charge is -2.15. The monoisotopic (exact) mass is 422 g/mol. The van der Waals surface area contributed by atoms with Gasteiger partial charge in [-0.1, -0.05) is 48.2 Å². The van der Waals surface area contributed by atoms with E-state index in [0.717, 1.165) is 23.9 Å². The number of nitrogens with zero attached hydrogens (tertiary/aromatic N) is 1. The van der Waals surface area contributed by atoms with Gasteiger partial charge in [0.15, 0.2) is 0 Å². The van der Waals surface area contributed by atoms with Crippen molar-refractivity contribution in [3.63, 3.8) is 0 Å². The van der Waals surface area contributed by atoms with Gasteiger partial charge in [0.05, 0.1) is 17.0 Å². The van der Waals surface area contributed by atoms with Gasteiger partial charge in [-0.05, 0) is 41.5 Å². The molecular weight excluding hydrogens is 409 g/mol. The van der Waals surface area contributed by atoms with E-state index in [9.17, 15) is 22.8 Å². The number of hydrogen-bond acceptors (Lipinski definition) is 4. The Bertz CT molecular complexity index is 985. The molecule has 1 saturated heterocycles. The molecular formula is C19H13F3N2O2S2. The maximum atomic E-state index is 12.9. The van der Waals surface area contributed by atoms with E-state index in [4.69, 9.17) is 18.0 Å². The molecule has 9 heteroatoms. The van der Waals surface area contributed by atoms with E-state index in [0.29, 0.717) is 21.6 Å². The highest BCUT2D eigenvalue weighted by Crippen LogP contribution is 2.35. The Hall–Kier alpha value is -2.65. The first-order valence-electron chi connectivity index (χ1n) is 7.96. The van der Waals surface area contributed by atoms with Gasteiger partial charge in [-0.25, -0.2) is 0 Å². The number of rotatable bonds is 4. The molecule has 0 spiro atoms. The lowest BCUT2D eigenvalue weighted by Crippen LogP contribution is -2.27. The topological polar surface area (TPSA) is 63.4 Å². The highest BCUT2D eigenvalue weighted by atomic mass is 32.2. The number of alkyl halides is 3. The molecule has 1 heterocycles. The zero-order chi connectivity index (χ0) is 20.5. The molecule has 0 saturated carbocycles. The maximum Gasteiger partial charge on any atom is 0.416 e. The fourth-order valence-electron chi connectivity index (χ4n) is 2.56. The molecule has 0 atom stereocenters. The first-order chi connectivity index (χ1) is 13.1. The van der Waals surface area contributed by atoms with Crippen LogP contribution in [0.1, 0.15) is 27.0 Å². The normalized spacial score (nSPS) is 16.1. The number of halogens is 3. The van der Waals surface area contributed by atoms with Crippen molar-refractivity contribution in [3.8, 4) is 0 Å². The van der Waals surface area contributed by atoms with Gasteiger partial charge in [0.2, 0.25) is 5.91 Å². The minimum absolute atomic E-state index is 0.0491. The Labute approximate surface area is 168 Å². The molecule has 2 N–H and O–H groups in total. The van der Waals surface area contributed by atoms with Crippen LogP contribution in [-0.4, -0.2) is 21.0 Å². The van der Waals surface area contributed by atoms with E-state index in [1.165, 1.54) is 29.2 Å². The van der Waals surface area contributed by atoms with E-state index in [1.54, 1.807) is 18.2 Å². The number of benzene rings is 2. The number of thiocarbonyl (C=S) groups is 1. The first kappa shape index (κ1) is 20.1. The van der Waals surface area contributed by atoms with Gasteiger partial charge in [-0.2, -0.15) is 13.2 Å². The Morgan fingerprint density at radius 3 is 2.46 bits per heavy atom. The van der Waals surface area contributed by atoms with Crippen molar-refractivity contribution in [3.05, 3.63) is 75.7 Å². The third-order valence-corrected chi connectivity index (χ3v) is 5.34. The predicted molar refractivity (Wildman–Crippen MR) is 105 cm³/mol. The third kappa shape index (κ3) is 4.42. The molecule has 28 heavy (non-hydrogen) atoms. The molecule has 1 fully saturated rings. The summed E-state index contributed by atoms with van der Waals surface area (Å²) < 4.78 is 38.9. The molecule has 1 aliphatic heterocycles. The Kier molecular flexibility index (Phi) is 5.57. The summed E-state index contributed by atoms with van der Waals surface area (Å²) in [6, 6.07) is 11.1. The summed E-state index contributed by atoms with van der Waals surface area (Å²) in [7, 11) is 0. The second-order valence-corrected chi connectivity index (χ2v) is 7.63. The summed E-state index contributed by atoms with van der Waals surface area (Å²) in [5, 5.41) is 0. The van der Waals surface area contributed by atoms with Crippen molar-refractivity contribution >= 4 is 46.2 Å². The zero-order valence-electron chi connectivity index (χ0n) is 14.2. The van der Waals surface area contributed by atoms with Crippen LogP contribution in [-0.2, 0) is 17.5 Å². The van der Waals surface area contributed by atoms with Gasteiger partial charge in [-0.3, -0.25) is 14.5 Å². The standard InChI is InChI=1S/C19H13F3N2O2S2/c20-19(21,22)14-3-1-2-12(8-14)10-24-17(26)15(28-18(24)27)9-11-4-6-13(7-5-11)16(23)25/h1-9H,10H2,(H2,23,25)/b15-9-. The number of nitrogens with two attached hydrogens (primary N) is 1. The number of primary amides is 1. The molecule has 0 aliphatic carbocycles. The highest BCUT2D eigenvalue weighted by Gasteiger charge is 2.33. The van der Waals surface area contributed by atoms with E-state index < -0.39 is 17.6 Å². The molecule has 2 aromatic rings. The van der Waals surface area contributed by atoms with Crippen molar-refractivity contribution in [2.24, 2.45) is 5.73 Å². The van der Waals surface area contributed by atoms with E-state index >= 15 is 0 Å². The van der Waals surface area contributed by atoms with Gasteiger partial charge in [-0.15, -0.1) is 0 Å². The van der Waals surface area contributed by atoms with Crippen LogP contribution in [0.25, 0.3) is 6.08 Å². The fraction of sp³-hybridized carbons (Fsp3) is 0.105. The average molecular weight is 422 g/mol. The Balaban J connectivity index is 1.79. The van der Waals surface area contributed by atoms with Crippen LogP contribution in [0.2, 0.25) is 0 Å². The molecule has 3 rings (SSSR count). The molecule has 0 radical (unpaired) electrons. The fourth-order valence-corrected chi connectivity index (χ4v) is 3.81. The number of hydrogen-bond donors (Lipinski definition) is 1. The van der Waals surface area contributed by atoms with Crippen LogP contribution in [0, 0.1) is 0 Å². The van der Waals surface area contributed by atoms with Crippen LogP contribution in [0.15, 0.2) is 53.4 Å². The first-order valence-corrected chi connectivity index (χ1v) is 9.19. The second kappa shape index (κ2) is 7.76. The van der Waals surface area contributed by atoms with Gasteiger partial charge in [0.25, 0.3) is 5.91 Å². The minimum Gasteiger partial charge on any atom is -0.366 e. The summed E-state index contributed by atoms with van der Waals surface area (Å²) >= 11 is 6.29. The summed E-state index contributed by atoms with van der Waals surface area (Å²) in [4.78, 5) is 25.4. The largest absolute Gasteiger partial charge is 0.416 e. The van der Waals surface area contributed by atoms with Crippen LogP contribution in [0.3, 0.4) is 0 Å². The van der Waals surface area contributed by atoms with Crippen molar-refractivity contribution in [1.82, 2.24) is 4.90 Å². The van der Waals surface area contributed by atoms with Crippen molar-refractivity contribution in [2.45, 2.75) is 12.7 Å². The van der Waals surface area contributed by atoms with Gasteiger partial charge in [0.1, 0.15) is 4.32 Å². The highest BCUT2D eigenvalue weighted by molar-refractivity contribution is 8.26. The predicted octanol–water partition coefficient (Wildman–Crippen LogP) is 4.21. The van der Waals surface area contributed by atoms with E-state index in [1.807, 2.05) is 0 Å². The van der Waals surface area contributed by atoms with Crippen LogP contribution >= 0.6 is 24.0 Å². The summed E-state index contributed by atoms with van der Waals surface area (Å²) in [6.07, 6.45) is -2.85. The number of carbonyl (C=O) groups is 2. The summed E-state index contributed by atoms with van der Waals surface area (Å²) in [5.74, 6) is -0.939. The van der Waals surface area contributed by atoms with Crippen molar-refractivity contribution in [2.75, 3.05) is 0 Å². The molecule has 2 amide bonds.